The van der Waals surface area contributed by atoms with Gasteiger partial charge in [-0.3, -0.25) is 4.79 Å². The van der Waals surface area contributed by atoms with Crippen molar-refractivity contribution < 1.29 is 4.79 Å². The maximum Gasteiger partial charge on any atom is 0.234 e. The summed E-state index contributed by atoms with van der Waals surface area (Å²) < 4.78 is 1.15. The standard InChI is InChI=1S/C12H19BrN2OS/c1-12(2,3)15-11(16)8-14-7-6-9-4-5-10(13)17-9/h4-5,14H,6-8H2,1-3H3,(H,15,16). The molecule has 0 aliphatic rings. The zero-order valence-corrected chi connectivity index (χ0v) is 12.9. The largest absolute Gasteiger partial charge is 0.350 e. The predicted octanol–water partition coefficient (Wildman–Crippen LogP) is 2.56. The van der Waals surface area contributed by atoms with E-state index in [1.165, 1.54) is 4.88 Å². The van der Waals surface area contributed by atoms with Crippen LogP contribution in [-0.2, 0) is 11.2 Å². The number of carbonyl (C=O) groups is 1. The van der Waals surface area contributed by atoms with E-state index in [-0.39, 0.29) is 11.4 Å². The van der Waals surface area contributed by atoms with Gasteiger partial charge in [0.1, 0.15) is 0 Å². The maximum atomic E-state index is 11.5. The summed E-state index contributed by atoms with van der Waals surface area (Å²) in [5.74, 6) is 0.0462. The Balaban J connectivity index is 2.14. The number of rotatable bonds is 5. The lowest BCUT2D eigenvalue weighted by molar-refractivity contribution is -0.121. The number of halogens is 1. The minimum absolute atomic E-state index is 0.0462. The molecule has 0 aromatic carbocycles. The highest BCUT2D eigenvalue weighted by molar-refractivity contribution is 9.11. The molecule has 1 aromatic heterocycles. The number of hydrogen-bond donors (Lipinski definition) is 2. The van der Waals surface area contributed by atoms with Crippen molar-refractivity contribution in [3.63, 3.8) is 0 Å². The Morgan fingerprint density at radius 3 is 2.65 bits per heavy atom. The minimum Gasteiger partial charge on any atom is -0.350 e. The number of thiophene rings is 1. The molecule has 1 rings (SSSR count). The van der Waals surface area contributed by atoms with E-state index in [1.807, 2.05) is 26.8 Å². The molecule has 0 spiro atoms. The Bertz CT molecular complexity index is 371. The van der Waals surface area contributed by atoms with Gasteiger partial charge in [0.05, 0.1) is 10.3 Å². The van der Waals surface area contributed by atoms with Crippen molar-refractivity contribution in [2.75, 3.05) is 13.1 Å². The first-order valence-electron chi connectivity index (χ1n) is 5.63. The molecule has 0 aliphatic heterocycles. The topological polar surface area (TPSA) is 41.1 Å². The van der Waals surface area contributed by atoms with E-state index in [0.29, 0.717) is 6.54 Å². The SMILES string of the molecule is CC(C)(C)NC(=O)CNCCc1ccc(Br)s1. The van der Waals surface area contributed by atoms with E-state index < -0.39 is 0 Å². The summed E-state index contributed by atoms with van der Waals surface area (Å²) in [5.41, 5.74) is -0.155. The smallest absolute Gasteiger partial charge is 0.234 e. The van der Waals surface area contributed by atoms with Gasteiger partial charge >= 0.3 is 0 Å². The average Bonchev–Trinajstić information content (AvgIpc) is 2.56. The highest BCUT2D eigenvalue weighted by Crippen LogP contribution is 2.21. The number of nitrogens with one attached hydrogen (secondary N) is 2. The molecule has 0 aliphatic carbocycles. The lowest BCUT2D eigenvalue weighted by Crippen LogP contribution is -2.45. The van der Waals surface area contributed by atoms with Crippen molar-refractivity contribution in [1.29, 1.82) is 0 Å². The highest BCUT2D eigenvalue weighted by atomic mass is 79.9. The van der Waals surface area contributed by atoms with E-state index >= 15 is 0 Å². The molecule has 5 heteroatoms. The Hall–Kier alpha value is -0.390. The number of amides is 1. The van der Waals surface area contributed by atoms with Crippen molar-refractivity contribution in [2.45, 2.75) is 32.7 Å². The third kappa shape index (κ3) is 6.81. The fraction of sp³-hybridized carbons (Fsp3) is 0.583. The molecule has 0 saturated heterocycles. The molecule has 0 bridgehead atoms. The number of carbonyl (C=O) groups excluding carboxylic acids is 1. The summed E-state index contributed by atoms with van der Waals surface area (Å²) in [5, 5.41) is 6.06. The molecule has 0 fully saturated rings. The molecule has 0 atom stereocenters. The second kappa shape index (κ2) is 6.52. The quantitative estimate of drug-likeness (QED) is 0.819. The Morgan fingerprint density at radius 1 is 1.41 bits per heavy atom. The molecule has 0 saturated carbocycles. The first-order valence-corrected chi connectivity index (χ1v) is 7.24. The van der Waals surface area contributed by atoms with Gasteiger partial charge < -0.3 is 10.6 Å². The lowest BCUT2D eigenvalue weighted by atomic mass is 10.1. The van der Waals surface area contributed by atoms with E-state index in [9.17, 15) is 4.79 Å². The summed E-state index contributed by atoms with van der Waals surface area (Å²) in [6, 6.07) is 4.15. The van der Waals surface area contributed by atoms with Gasteiger partial charge in [-0.15, -0.1) is 11.3 Å². The number of hydrogen-bond acceptors (Lipinski definition) is 3. The molecule has 96 valence electrons. The van der Waals surface area contributed by atoms with Crippen molar-refractivity contribution in [2.24, 2.45) is 0 Å². The Labute approximate surface area is 115 Å². The van der Waals surface area contributed by atoms with Gasteiger partial charge in [0, 0.05) is 17.0 Å². The summed E-state index contributed by atoms with van der Waals surface area (Å²) in [6.07, 6.45) is 0.957. The molecule has 0 unspecified atom stereocenters. The van der Waals surface area contributed by atoms with Crippen LogP contribution in [0.3, 0.4) is 0 Å². The van der Waals surface area contributed by atoms with Crippen LogP contribution in [0.4, 0.5) is 0 Å². The van der Waals surface area contributed by atoms with Crippen LogP contribution in [0, 0.1) is 0 Å². The highest BCUT2D eigenvalue weighted by Gasteiger charge is 2.12. The van der Waals surface area contributed by atoms with Crippen LogP contribution in [0.25, 0.3) is 0 Å². The van der Waals surface area contributed by atoms with Gasteiger partial charge in [-0.05, 0) is 55.3 Å². The molecule has 17 heavy (non-hydrogen) atoms. The summed E-state index contributed by atoms with van der Waals surface area (Å²) in [7, 11) is 0. The fourth-order valence-electron chi connectivity index (χ4n) is 1.36. The zero-order chi connectivity index (χ0) is 12.9. The lowest BCUT2D eigenvalue weighted by Gasteiger charge is -2.20. The first-order chi connectivity index (χ1) is 7.87. The monoisotopic (exact) mass is 318 g/mol. The van der Waals surface area contributed by atoms with Crippen LogP contribution < -0.4 is 10.6 Å². The van der Waals surface area contributed by atoms with E-state index in [4.69, 9.17) is 0 Å². The second-order valence-electron chi connectivity index (χ2n) is 4.93. The van der Waals surface area contributed by atoms with E-state index in [1.54, 1.807) is 11.3 Å². The predicted molar refractivity (Wildman–Crippen MR) is 76.5 cm³/mol. The van der Waals surface area contributed by atoms with Crippen LogP contribution >= 0.6 is 27.3 Å². The van der Waals surface area contributed by atoms with E-state index in [2.05, 4.69) is 32.6 Å². The normalized spacial score (nSPS) is 11.5. The molecule has 1 amide bonds. The van der Waals surface area contributed by atoms with Gasteiger partial charge in [-0.1, -0.05) is 0 Å². The third-order valence-electron chi connectivity index (χ3n) is 1.98. The molecule has 0 radical (unpaired) electrons. The van der Waals surface area contributed by atoms with E-state index in [0.717, 1.165) is 16.8 Å². The molecule has 3 nitrogen and oxygen atoms in total. The second-order valence-corrected chi connectivity index (χ2v) is 7.48. The van der Waals surface area contributed by atoms with Crippen LogP contribution in [0.15, 0.2) is 15.9 Å². The zero-order valence-electron chi connectivity index (χ0n) is 10.5. The Morgan fingerprint density at radius 2 is 2.12 bits per heavy atom. The van der Waals surface area contributed by atoms with Crippen molar-refractivity contribution in [1.82, 2.24) is 10.6 Å². The molecule has 1 aromatic rings. The summed E-state index contributed by atoms with van der Waals surface area (Å²) in [4.78, 5) is 12.8. The molecule has 1 heterocycles. The molecular formula is C12H19BrN2OS. The fourth-order valence-corrected chi connectivity index (χ4v) is 2.84. The average molecular weight is 319 g/mol. The van der Waals surface area contributed by atoms with Crippen molar-refractivity contribution in [3.05, 3.63) is 20.8 Å². The van der Waals surface area contributed by atoms with Gasteiger partial charge in [-0.2, -0.15) is 0 Å². The van der Waals surface area contributed by atoms with Crippen molar-refractivity contribution in [3.8, 4) is 0 Å². The summed E-state index contributed by atoms with van der Waals surface area (Å²) in [6.45, 7) is 7.14. The molecule has 2 N–H and O–H groups in total. The third-order valence-corrected chi connectivity index (χ3v) is 3.66. The minimum atomic E-state index is -0.155. The van der Waals surface area contributed by atoms with Crippen LogP contribution in [0.2, 0.25) is 0 Å². The summed E-state index contributed by atoms with van der Waals surface area (Å²) >= 11 is 5.16. The van der Waals surface area contributed by atoms with Crippen LogP contribution in [0.1, 0.15) is 25.6 Å². The Kier molecular flexibility index (Phi) is 5.62. The van der Waals surface area contributed by atoms with Crippen LogP contribution in [0.5, 0.6) is 0 Å². The van der Waals surface area contributed by atoms with Gasteiger partial charge in [0.15, 0.2) is 0 Å². The van der Waals surface area contributed by atoms with Gasteiger partial charge in [-0.25, -0.2) is 0 Å². The van der Waals surface area contributed by atoms with Gasteiger partial charge in [0.2, 0.25) is 5.91 Å². The van der Waals surface area contributed by atoms with Crippen molar-refractivity contribution >= 4 is 33.2 Å². The van der Waals surface area contributed by atoms with Gasteiger partial charge in [0.25, 0.3) is 0 Å². The first kappa shape index (κ1) is 14.7. The van der Waals surface area contributed by atoms with Crippen LogP contribution in [-0.4, -0.2) is 24.5 Å². The maximum absolute atomic E-state index is 11.5. The molecular weight excluding hydrogens is 300 g/mol.